The van der Waals surface area contributed by atoms with E-state index in [2.05, 4.69) is 4.98 Å². The van der Waals surface area contributed by atoms with Gasteiger partial charge in [0.2, 0.25) is 15.8 Å². The Bertz CT molecular complexity index is 1410. The lowest BCUT2D eigenvalue weighted by Gasteiger charge is -2.43. The average Bonchev–Trinajstić information content (AvgIpc) is 3.17. The number of piperidine rings is 1. The molecule has 5 rings (SSSR count). The summed E-state index contributed by atoms with van der Waals surface area (Å²) in [5, 5.41) is 0. The minimum Gasteiger partial charge on any atom is -0.493 e. The fraction of sp³-hybridized carbons (Fsp3) is 0.364. The van der Waals surface area contributed by atoms with E-state index in [9.17, 15) is 18.0 Å². The van der Waals surface area contributed by atoms with Gasteiger partial charge < -0.3 is 18.6 Å². The van der Waals surface area contributed by atoms with Gasteiger partial charge in [-0.1, -0.05) is 0 Å². The fourth-order valence-corrected chi connectivity index (χ4v) is 5.97. The van der Waals surface area contributed by atoms with E-state index in [1.807, 2.05) is 0 Å². The molecule has 0 unspecified atom stereocenters. The van der Waals surface area contributed by atoms with Gasteiger partial charge in [0, 0.05) is 32.0 Å². The number of carbonyl (C=O) groups is 1. The van der Waals surface area contributed by atoms with Gasteiger partial charge in [-0.2, -0.15) is 4.31 Å². The Labute approximate surface area is 189 Å². The van der Waals surface area contributed by atoms with Crippen LogP contribution >= 0.6 is 0 Å². The number of H-pyrrole nitrogens is 1. The summed E-state index contributed by atoms with van der Waals surface area (Å²) in [6.07, 6.45) is 0.822. The number of methoxy groups -OCH3 is 2. The molecule has 3 heterocycles. The molecule has 1 aromatic heterocycles. The summed E-state index contributed by atoms with van der Waals surface area (Å²) in [7, 11) is -0.843. The standard InChI is InChI=1S/C22H22N2O8S/c1-29-17-6-4-14-16(25)12-22(32-19(14)20(17)30-2)7-9-24(10-8-22)33(27,28)13-3-5-15-18(11-13)31-21(26)23-15/h3-6,11H,7-10,12H2,1-2H3,(H,23,26). The van der Waals surface area contributed by atoms with Crippen molar-refractivity contribution in [3.05, 3.63) is 46.4 Å². The molecule has 1 saturated heterocycles. The summed E-state index contributed by atoms with van der Waals surface area (Å²) in [6, 6.07) is 7.58. The van der Waals surface area contributed by atoms with Gasteiger partial charge in [-0.15, -0.1) is 0 Å². The molecular weight excluding hydrogens is 452 g/mol. The van der Waals surface area contributed by atoms with Gasteiger partial charge in [-0.3, -0.25) is 9.78 Å². The van der Waals surface area contributed by atoms with Crippen LogP contribution in [0.1, 0.15) is 29.6 Å². The molecule has 2 aromatic carbocycles. The number of Topliss-reactive ketones (excluding diaryl/α,β-unsaturated/α-hetero) is 1. The number of aromatic amines is 1. The highest BCUT2D eigenvalue weighted by Crippen LogP contribution is 2.48. The summed E-state index contributed by atoms with van der Waals surface area (Å²) < 4.78 is 49.9. The second-order valence-corrected chi connectivity index (χ2v) is 10.1. The maximum atomic E-state index is 13.2. The van der Waals surface area contributed by atoms with Crippen molar-refractivity contribution < 1.29 is 31.8 Å². The van der Waals surface area contributed by atoms with E-state index in [0.717, 1.165) is 0 Å². The second-order valence-electron chi connectivity index (χ2n) is 8.14. The van der Waals surface area contributed by atoms with Crippen LogP contribution in [0.15, 0.2) is 44.4 Å². The second kappa shape index (κ2) is 7.63. The first-order valence-electron chi connectivity index (χ1n) is 10.4. The molecule has 0 saturated carbocycles. The van der Waals surface area contributed by atoms with Gasteiger partial charge in [0.05, 0.1) is 36.6 Å². The lowest BCUT2D eigenvalue weighted by Crippen LogP contribution is -2.52. The third-order valence-electron chi connectivity index (χ3n) is 6.27. The molecule has 1 fully saturated rings. The summed E-state index contributed by atoms with van der Waals surface area (Å²) in [5.74, 6) is 0.399. The van der Waals surface area contributed by atoms with Crippen molar-refractivity contribution in [2.45, 2.75) is 29.8 Å². The zero-order valence-corrected chi connectivity index (χ0v) is 18.9. The van der Waals surface area contributed by atoms with Gasteiger partial charge in [0.25, 0.3) is 0 Å². The van der Waals surface area contributed by atoms with Crippen LogP contribution in [0.5, 0.6) is 17.2 Å². The molecule has 0 radical (unpaired) electrons. The SMILES string of the molecule is COc1ccc2c(c1OC)OC1(CCN(S(=O)(=O)c3ccc4[nH]c(=O)oc4c3)CC1)CC2=O. The molecule has 0 amide bonds. The van der Waals surface area contributed by atoms with Crippen LogP contribution in [0.2, 0.25) is 0 Å². The quantitative estimate of drug-likeness (QED) is 0.610. The van der Waals surface area contributed by atoms with E-state index >= 15 is 0 Å². The largest absolute Gasteiger partial charge is 0.493 e. The Morgan fingerprint density at radius 2 is 1.82 bits per heavy atom. The maximum absolute atomic E-state index is 13.2. The van der Waals surface area contributed by atoms with E-state index in [-0.39, 0.29) is 35.8 Å². The van der Waals surface area contributed by atoms with E-state index in [0.29, 0.717) is 41.2 Å². The molecule has 0 aliphatic carbocycles. The summed E-state index contributed by atoms with van der Waals surface area (Å²) in [5.41, 5.74) is 0.199. The van der Waals surface area contributed by atoms with Crippen LogP contribution in [0.25, 0.3) is 11.1 Å². The molecule has 174 valence electrons. The first-order chi connectivity index (χ1) is 15.8. The van der Waals surface area contributed by atoms with Crippen LogP contribution in [0.3, 0.4) is 0 Å². The topological polar surface area (TPSA) is 128 Å². The van der Waals surface area contributed by atoms with Crippen LogP contribution in [-0.4, -0.2) is 56.4 Å². The highest BCUT2D eigenvalue weighted by molar-refractivity contribution is 7.89. The molecule has 0 bridgehead atoms. The Morgan fingerprint density at radius 1 is 1.06 bits per heavy atom. The summed E-state index contributed by atoms with van der Waals surface area (Å²) >= 11 is 0. The Kier molecular flexibility index (Phi) is 4.98. The smallest absolute Gasteiger partial charge is 0.417 e. The van der Waals surface area contributed by atoms with E-state index in [4.69, 9.17) is 18.6 Å². The number of hydrogen-bond donors (Lipinski definition) is 1. The maximum Gasteiger partial charge on any atom is 0.417 e. The van der Waals surface area contributed by atoms with E-state index < -0.39 is 21.4 Å². The molecular formula is C22H22N2O8S. The number of carbonyl (C=O) groups excluding carboxylic acids is 1. The van der Waals surface area contributed by atoms with Crippen molar-refractivity contribution in [1.29, 1.82) is 0 Å². The number of sulfonamides is 1. The van der Waals surface area contributed by atoms with Gasteiger partial charge in [-0.25, -0.2) is 13.2 Å². The highest BCUT2D eigenvalue weighted by Gasteiger charge is 2.46. The van der Waals surface area contributed by atoms with Crippen molar-refractivity contribution in [3.8, 4) is 17.2 Å². The lowest BCUT2D eigenvalue weighted by atomic mass is 9.83. The van der Waals surface area contributed by atoms with E-state index in [1.54, 1.807) is 12.1 Å². The van der Waals surface area contributed by atoms with Crippen molar-refractivity contribution >= 4 is 26.9 Å². The number of hydrogen-bond acceptors (Lipinski definition) is 8. The Hall–Kier alpha value is -3.31. The van der Waals surface area contributed by atoms with Crippen molar-refractivity contribution in [2.24, 2.45) is 0 Å². The Morgan fingerprint density at radius 3 is 2.52 bits per heavy atom. The number of nitrogens with zero attached hydrogens (tertiary/aromatic N) is 1. The van der Waals surface area contributed by atoms with Crippen LogP contribution in [-0.2, 0) is 10.0 Å². The minimum absolute atomic E-state index is 0.0334. The molecule has 11 heteroatoms. The zero-order valence-electron chi connectivity index (χ0n) is 18.0. The third kappa shape index (κ3) is 3.47. The Balaban J connectivity index is 1.40. The van der Waals surface area contributed by atoms with Gasteiger partial charge in [-0.05, 0) is 24.3 Å². The van der Waals surface area contributed by atoms with Crippen LogP contribution in [0, 0.1) is 0 Å². The molecule has 2 aliphatic rings. The van der Waals surface area contributed by atoms with E-state index in [1.165, 1.54) is 36.7 Å². The number of ether oxygens (including phenoxy) is 3. The van der Waals surface area contributed by atoms with Gasteiger partial charge >= 0.3 is 5.76 Å². The normalized spacial score (nSPS) is 18.2. The van der Waals surface area contributed by atoms with Crippen molar-refractivity contribution in [2.75, 3.05) is 27.3 Å². The van der Waals surface area contributed by atoms with Gasteiger partial charge in [0.15, 0.2) is 22.9 Å². The predicted octanol–water partition coefficient (Wildman–Crippen LogP) is 2.33. The van der Waals surface area contributed by atoms with Crippen LogP contribution < -0.4 is 20.0 Å². The first kappa shape index (κ1) is 21.5. The van der Waals surface area contributed by atoms with Crippen molar-refractivity contribution in [3.63, 3.8) is 0 Å². The number of fused-ring (bicyclic) bond motifs is 2. The minimum atomic E-state index is -3.82. The van der Waals surface area contributed by atoms with Gasteiger partial charge in [0.1, 0.15) is 5.60 Å². The third-order valence-corrected chi connectivity index (χ3v) is 8.16. The zero-order chi connectivity index (χ0) is 23.4. The molecule has 33 heavy (non-hydrogen) atoms. The molecule has 0 atom stereocenters. The van der Waals surface area contributed by atoms with Crippen molar-refractivity contribution in [1.82, 2.24) is 9.29 Å². The number of benzene rings is 2. The number of rotatable bonds is 4. The number of aromatic nitrogens is 1. The summed E-state index contributed by atoms with van der Waals surface area (Å²) in [4.78, 5) is 26.8. The molecule has 2 aliphatic heterocycles. The molecule has 1 N–H and O–H groups in total. The highest BCUT2D eigenvalue weighted by atomic mass is 32.2. The molecule has 3 aromatic rings. The summed E-state index contributed by atoms with van der Waals surface area (Å²) in [6.45, 7) is 0.346. The van der Waals surface area contributed by atoms with Crippen LogP contribution in [0.4, 0.5) is 0 Å². The number of nitrogens with one attached hydrogen (secondary N) is 1. The molecule has 1 spiro atoms. The predicted molar refractivity (Wildman–Crippen MR) is 117 cm³/mol. The fourth-order valence-electron chi connectivity index (χ4n) is 4.51. The average molecular weight is 474 g/mol. The monoisotopic (exact) mass is 474 g/mol. The number of oxazole rings is 1. The first-order valence-corrected chi connectivity index (χ1v) is 11.8. The lowest BCUT2D eigenvalue weighted by molar-refractivity contribution is 0.00376. The number of ketones is 1. The molecule has 10 nitrogen and oxygen atoms in total.